The maximum absolute atomic E-state index is 3.89. The zero-order chi connectivity index (χ0) is 7.23. The summed E-state index contributed by atoms with van der Waals surface area (Å²) in [5, 5.41) is 3.89. The molecule has 1 aromatic rings. The molecule has 0 saturated carbocycles. The molecule has 0 spiro atoms. The molecule has 0 aromatic carbocycles. The second kappa shape index (κ2) is 3.67. The average molecular weight is 135 g/mol. The van der Waals surface area contributed by atoms with Crippen molar-refractivity contribution < 1.29 is 0 Å². The van der Waals surface area contributed by atoms with Crippen LogP contribution in [0.4, 0.5) is 0 Å². The molecule has 0 atom stereocenters. The van der Waals surface area contributed by atoms with Crippen molar-refractivity contribution in [3.8, 4) is 11.8 Å². The molecule has 0 fully saturated rings. The van der Waals surface area contributed by atoms with Crippen LogP contribution in [0.1, 0.15) is 13.3 Å². The molecule has 0 saturated heterocycles. The molecular weight excluding hydrogens is 126 g/mol. The van der Waals surface area contributed by atoms with E-state index in [0.29, 0.717) is 6.54 Å². The second-order valence-corrected chi connectivity index (χ2v) is 1.80. The molecule has 0 aliphatic heterocycles. The van der Waals surface area contributed by atoms with E-state index < -0.39 is 0 Å². The highest BCUT2D eigenvalue weighted by Gasteiger charge is 1.82. The zero-order valence-corrected chi connectivity index (χ0v) is 5.91. The van der Waals surface area contributed by atoms with E-state index in [1.807, 2.05) is 6.92 Å². The molecule has 1 heterocycles. The Kier molecular flexibility index (Phi) is 2.50. The van der Waals surface area contributed by atoms with E-state index in [9.17, 15) is 0 Å². The summed E-state index contributed by atoms with van der Waals surface area (Å²) in [6, 6.07) is 0. The fourth-order valence-electron chi connectivity index (χ4n) is 0.576. The Morgan fingerprint density at radius 2 is 2.40 bits per heavy atom. The van der Waals surface area contributed by atoms with Crippen molar-refractivity contribution in [2.45, 2.75) is 19.9 Å². The minimum Gasteiger partial charge on any atom is -0.241 e. The lowest BCUT2D eigenvalue weighted by Crippen LogP contribution is -1.94. The number of hydrogen-bond donors (Lipinski definition) is 0. The highest BCUT2D eigenvalue weighted by atomic mass is 15.3. The van der Waals surface area contributed by atoms with Gasteiger partial charge in [0.25, 0.3) is 0 Å². The molecule has 3 nitrogen and oxygen atoms in total. The minimum atomic E-state index is 0.647. The van der Waals surface area contributed by atoms with Crippen molar-refractivity contribution >= 4 is 0 Å². The molecule has 1 aromatic heterocycles. The summed E-state index contributed by atoms with van der Waals surface area (Å²) >= 11 is 0. The molecule has 3 heteroatoms. The third-order valence-electron chi connectivity index (χ3n) is 1.01. The Bertz CT molecular complexity index is 227. The molecule has 0 radical (unpaired) electrons. The molecule has 52 valence electrons. The highest BCUT2D eigenvalue weighted by molar-refractivity contribution is 4.97. The summed E-state index contributed by atoms with van der Waals surface area (Å²) in [6.45, 7) is 2.67. The van der Waals surface area contributed by atoms with Crippen LogP contribution in [0.15, 0.2) is 12.7 Å². The average Bonchev–Trinajstić information content (AvgIpc) is 2.41. The minimum absolute atomic E-state index is 0.647. The fraction of sp³-hybridized carbons (Fsp3) is 0.429. The molecule has 0 aliphatic rings. The smallest absolute Gasteiger partial charge is 0.137 e. The van der Waals surface area contributed by atoms with E-state index in [0.717, 1.165) is 6.42 Å². The van der Waals surface area contributed by atoms with Gasteiger partial charge in [-0.1, -0.05) is 12.8 Å². The third-order valence-corrected chi connectivity index (χ3v) is 1.01. The van der Waals surface area contributed by atoms with E-state index in [1.165, 1.54) is 6.33 Å². The van der Waals surface area contributed by atoms with E-state index >= 15 is 0 Å². The summed E-state index contributed by atoms with van der Waals surface area (Å²) in [5.74, 6) is 5.90. The standard InChI is InChI=1S/C7H9N3/c1-2-3-4-5-10-7-8-6-9-10/h6-7H,2,5H2,1H3. The van der Waals surface area contributed by atoms with Gasteiger partial charge in [0.05, 0.1) is 0 Å². The van der Waals surface area contributed by atoms with Crippen molar-refractivity contribution in [2.75, 3.05) is 0 Å². The van der Waals surface area contributed by atoms with Crippen molar-refractivity contribution in [1.29, 1.82) is 0 Å². The lowest BCUT2D eigenvalue weighted by molar-refractivity contribution is 0.713. The van der Waals surface area contributed by atoms with Crippen LogP contribution in [0.25, 0.3) is 0 Å². The summed E-state index contributed by atoms with van der Waals surface area (Å²) in [6.07, 6.45) is 4.06. The SMILES string of the molecule is CCC#CCn1cncn1. The number of hydrogen-bond acceptors (Lipinski definition) is 2. The molecule has 0 N–H and O–H groups in total. The van der Waals surface area contributed by atoms with Gasteiger partial charge < -0.3 is 0 Å². The molecule has 0 amide bonds. The summed E-state index contributed by atoms with van der Waals surface area (Å²) in [4.78, 5) is 3.78. The first-order valence-electron chi connectivity index (χ1n) is 3.21. The lowest BCUT2D eigenvalue weighted by atomic mass is 10.5. The Labute approximate surface area is 60.1 Å². The van der Waals surface area contributed by atoms with Gasteiger partial charge in [-0.15, -0.1) is 5.92 Å². The van der Waals surface area contributed by atoms with E-state index in [1.54, 1.807) is 11.0 Å². The molecule has 0 unspecified atom stereocenters. The first kappa shape index (κ1) is 6.81. The predicted molar refractivity (Wildman–Crippen MR) is 38.1 cm³/mol. The van der Waals surface area contributed by atoms with Gasteiger partial charge in [-0.25, -0.2) is 9.67 Å². The van der Waals surface area contributed by atoms with Crippen LogP contribution in [0.3, 0.4) is 0 Å². The summed E-state index contributed by atoms with van der Waals surface area (Å²) in [7, 11) is 0. The van der Waals surface area contributed by atoms with Gasteiger partial charge in [0.2, 0.25) is 0 Å². The van der Waals surface area contributed by atoms with Gasteiger partial charge in [-0.3, -0.25) is 0 Å². The largest absolute Gasteiger partial charge is 0.241 e. The zero-order valence-electron chi connectivity index (χ0n) is 5.91. The van der Waals surface area contributed by atoms with Crippen molar-refractivity contribution in [1.82, 2.24) is 14.8 Å². The van der Waals surface area contributed by atoms with Gasteiger partial charge in [0, 0.05) is 6.42 Å². The Morgan fingerprint density at radius 1 is 1.50 bits per heavy atom. The topological polar surface area (TPSA) is 30.7 Å². The molecule has 1 rings (SSSR count). The van der Waals surface area contributed by atoms with Crippen molar-refractivity contribution in [3.63, 3.8) is 0 Å². The van der Waals surface area contributed by atoms with E-state index in [2.05, 4.69) is 21.9 Å². The van der Waals surface area contributed by atoms with Crippen LogP contribution in [0.2, 0.25) is 0 Å². The van der Waals surface area contributed by atoms with Crippen LogP contribution in [0, 0.1) is 11.8 Å². The molecule has 0 bridgehead atoms. The number of nitrogens with zero attached hydrogens (tertiary/aromatic N) is 3. The van der Waals surface area contributed by atoms with Gasteiger partial charge in [-0.05, 0) is 0 Å². The molecule has 10 heavy (non-hydrogen) atoms. The Hall–Kier alpha value is -1.30. The van der Waals surface area contributed by atoms with Gasteiger partial charge in [-0.2, -0.15) is 5.10 Å². The van der Waals surface area contributed by atoms with Gasteiger partial charge in [0.15, 0.2) is 0 Å². The Balaban J connectivity index is 2.41. The summed E-state index contributed by atoms with van der Waals surface area (Å²) < 4.78 is 1.70. The first-order chi connectivity index (χ1) is 4.93. The van der Waals surface area contributed by atoms with E-state index in [-0.39, 0.29) is 0 Å². The molecule has 0 aliphatic carbocycles. The van der Waals surface area contributed by atoms with Crippen LogP contribution in [-0.2, 0) is 6.54 Å². The van der Waals surface area contributed by atoms with Crippen LogP contribution < -0.4 is 0 Å². The quantitative estimate of drug-likeness (QED) is 0.530. The van der Waals surface area contributed by atoms with Crippen molar-refractivity contribution in [2.24, 2.45) is 0 Å². The molecular formula is C7H9N3. The Morgan fingerprint density at radius 3 is 3.00 bits per heavy atom. The van der Waals surface area contributed by atoms with Crippen LogP contribution in [0.5, 0.6) is 0 Å². The fourth-order valence-corrected chi connectivity index (χ4v) is 0.576. The predicted octanol–water partition coefficient (Wildman–Crippen LogP) is 0.691. The maximum atomic E-state index is 3.89. The number of aromatic nitrogens is 3. The van der Waals surface area contributed by atoms with Gasteiger partial charge >= 0.3 is 0 Å². The highest BCUT2D eigenvalue weighted by Crippen LogP contribution is 1.77. The number of rotatable bonds is 1. The second-order valence-electron chi connectivity index (χ2n) is 1.80. The lowest BCUT2D eigenvalue weighted by Gasteiger charge is -1.86. The van der Waals surface area contributed by atoms with E-state index in [4.69, 9.17) is 0 Å². The summed E-state index contributed by atoms with van der Waals surface area (Å²) in [5.41, 5.74) is 0. The maximum Gasteiger partial charge on any atom is 0.137 e. The van der Waals surface area contributed by atoms with Crippen molar-refractivity contribution in [3.05, 3.63) is 12.7 Å². The monoisotopic (exact) mass is 135 g/mol. The van der Waals surface area contributed by atoms with Crippen LogP contribution in [-0.4, -0.2) is 14.8 Å². The van der Waals surface area contributed by atoms with Crippen LogP contribution >= 0.6 is 0 Å². The normalized spacial score (nSPS) is 8.50. The third kappa shape index (κ3) is 1.90. The van der Waals surface area contributed by atoms with Gasteiger partial charge in [0.1, 0.15) is 19.2 Å². The first-order valence-corrected chi connectivity index (χ1v) is 3.21.